The predicted molar refractivity (Wildman–Crippen MR) is 62.4 cm³/mol. The van der Waals surface area contributed by atoms with Gasteiger partial charge in [-0.2, -0.15) is 4.89 Å². The zero-order valence-corrected chi connectivity index (χ0v) is 10.5. The molecule has 0 aliphatic heterocycles. The molecule has 1 aromatic rings. The van der Waals surface area contributed by atoms with Gasteiger partial charge in [-0.3, -0.25) is 4.79 Å². The maximum Gasteiger partial charge on any atom is 0.591 e. The number of hydrogen-bond acceptors (Lipinski definition) is 3. The van der Waals surface area contributed by atoms with Crippen LogP contribution in [-0.4, -0.2) is 10.0 Å². The molecule has 0 saturated heterocycles. The highest BCUT2D eigenvalue weighted by Gasteiger charge is 2.25. The number of aryl methyl sites for hydroxylation is 3. The first-order valence-electron chi connectivity index (χ1n) is 4.38. The van der Waals surface area contributed by atoms with Crippen molar-refractivity contribution in [2.45, 2.75) is 20.8 Å². The first kappa shape index (κ1) is 12.4. The van der Waals surface area contributed by atoms with E-state index in [9.17, 15) is 9.36 Å². The molecule has 0 aromatic heterocycles. The lowest BCUT2D eigenvalue weighted by Crippen LogP contribution is -2.00. The van der Waals surface area contributed by atoms with Crippen LogP contribution in [0.3, 0.4) is 0 Å². The molecular formula is C10H12O3PS+. The van der Waals surface area contributed by atoms with E-state index in [1.807, 2.05) is 32.9 Å². The zero-order valence-electron chi connectivity index (χ0n) is 8.77. The van der Waals surface area contributed by atoms with Crippen LogP contribution in [0, 0.1) is 20.8 Å². The Kier molecular flexibility index (Phi) is 4.03. The van der Waals surface area contributed by atoms with Gasteiger partial charge in [0.25, 0.3) is 5.12 Å². The Balaban J connectivity index is 3.14. The van der Waals surface area contributed by atoms with Gasteiger partial charge < -0.3 is 0 Å². The Morgan fingerprint density at radius 1 is 1.27 bits per heavy atom. The highest BCUT2D eigenvalue weighted by molar-refractivity contribution is 8.58. The van der Waals surface area contributed by atoms with Crippen molar-refractivity contribution in [3.05, 3.63) is 34.4 Å². The van der Waals surface area contributed by atoms with Crippen LogP contribution in [0.1, 0.15) is 27.0 Å². The van der Waals surface area contributed by atoms with Crippen LogP contribution in [0.5, 0.6) is 0 Å². The van der Waals surface area contributed by atoms with E-state index in [0.29, 0.717) is 16.9 Å². The molecule has 80 valence electrons. The average Bonchev–Trinajstić information content (AvgIpc) is 1.99. The molecule has 3 nitrogen and oxygen atoms in total. The maximum absolute atomic E-state index is 11.6. The van der Waals surface area contributed by atoms with Gasteiger partial charge in [0.05, 0.1) is 0 Å². The molecule has 0 bridgehead atoms. The standard InChI is InChI=1S/C10H11O3PS/c1-6-4-7(2)9(8(3)5-6)10(11)15-14(12)13/h4-5H,1-3H3/p+1. The summed E-state index contributed by atoms with van der Waals surface area (Å²) >= 11 is 0.468. The summed E-state index contributed by atoms with van der Waals surface area (Å²) in [5.74, 6) is 0. The molecule has 5 heteroatoms. The lowest BCUT2D eigenvalue weighted by molar-refractivity contribution is 0.108. The Labute approximate surface area is 93.5 Å². The van der Waals surface area contributed by atoms with E-state index >= 15 is 0 Å². The quantitative estimate of drug-likeness (QED) is 0.811. The van der Waals surface area contributed by atoms with Crippen LogP contribution < -0.4 is 0 Å². The number of benzene rings is 1. The molecule has 1 N–H and O–H groups in total. The first-order valence-corrected chi connectivity index (χ1v) is 7.01. The third kappa shape index (κ3) is 3.13. The van der Waals surface area contributed by atoms with Crippen molar-refractivity contribution in [2.75, 3.05) is 0 Å². The van der Waals surface area contributed by atoms with Gasteiger partial charge in [-0.15, -0.1) is 0 Å². The monoisotopic (exact) mass is 243 g/mol. The number of carbonyl (C=O) groups is 1. The van der Waals surface area contributed by atoms with Crippen LogP contribution in [0.25, 0.3) is 0 Å². The SMILES string of the molecule is Cc1cc(C)c(C(=O)S[P+](=O)O)c(C)c1. The normalized spacial score (nSPS) is 11.3. The fraction of sp³-hybridized carbons (Fsp3) is 0.300. The predicted octanol–water partition coefficient (Wildman–Crippen LogP) is 3.13. The molecule has 0 fully saturated rings. The largest absolute Gasteiger partial charge is 0.591 e. The summed E-state index contributed by atoms with van der Waals surface area (Å²) in [5, 5.41) is -0.339. The van der Waals surface area contributed by atoms with Gasteiger partial charge in [0, 0.05) is 5.56 Å². The molecular weight excluding hydrogens is 231 g/mol. The molecule has 1 rings (SSSR count). The van der Waals surface area contributed by atoms with Gasteiger partial charge >= 0.3 is 7.23 Å². The van der Waals surface area contributed by atoms with E-state index in [0.717, 1.165) is 16.7 Å². The van der Waals surface area contributed by atoms with Gasteiger partial charge in [0.1, 0.15) is 0 Å². The van der Waals surface area contributed by atoms with E-state index in [4.69, 9.17) is 4.89 Å². The maximum atomic E-state index is 11.6. The molecule has 0 spiro atoms. The van der Waals surface area contributed by atoms with Crippen molar-refractivity contribution in [1.82, 2.24) is 0 Å². The van der Waals surface area contributed by atoms with E-state index in [-0.39, 0.29) is 5.12 Å². The van der Waals surface area contributed by atoms with Crippen molar-refractivity contribution in [3.8, 4) is 0 Å². The van der Waals surface area contributed by atoms with Gasteiger partial charge in [-0.1, -0.05) is 17.7 Å². The molecule has 0 radical (unpaired) electrons. The summed E-state index contributed by atoms with van der Waals surface area (Å²) in [6.07, 6.45) is 0. The lowest BCUT2D eigenvalue weighted by atomic mass is 10.0. The Morgan fingerprint density at radius 3 is 2.13 bits per heavy atom. The molecule has 0 aliphatic rings. The van der Waals surface area contributed by atoms with Crippen LogP contribution >= 0.6 is 18.6 Å². The Bertz CT molecular complexity index is 406. The van der Waals surface area contributed by atoms with Crippen molar-refractivity contribution in [1.29, 1.82) is 0 Å². The van der Waals surface area contributed by atoms with Gasteiger partial charge in [-0.05, 0) is 36.5 Å². The second kappa shape index (κ2) is 4.88. The van der Waals surface area contributed by atoms with Crippen molar-refractivity contribution >= 4 is 23.7 Å². The summed E-state index contributed by atoms with van der Waals surface area (Å²) < 4.78 is 10.6. The molecule has 0 amide bonds. The minimum atomic E-state index is -2.48. The summed E-state index contributed by atoms with van der Waals surface area (Å²) in [5.41, 5.74) is 3.33. The lowest BCUT2D eigenvalue weighted by Gasteiger charge is -2.06. The molecule has 15 heavy (non-hydrogen) atoms. The van der Waals surface area contributed by atoms with Crippen LogP contribution in [0.15, 0.2) is 12.1 Å². The Hall–Kier alpha value is -0.700. The number of rotatable bonds is 2. The third-order valence-electron chi connectivity index (χ3n) is 2.04. The van der Waals surface area contributed by atoms with Crippen molar-refractivity contribution < 1.29 is 14.3 Å². The smallest absolute Gasteiger partial charge is 0.277 e. The van der Waals surface area contributed by atoms with E-state index in [2.05, 4.69) is 0 Å². The summed E-state index contributed by atoms with van der Waals surface area (Å²) in [6.45, 7) is 5.62. The molecule has 1 aromatic carbocycles. The minimum absolute atomic E-state index is 0.339. The highest BCUT2D eigenvalue weighted by atomic mass is 32.7. The van der Waals surface area contributed by atoms with Gasteiger partial charge in [0.15, 0.2) is 0 Å². The summed E-state index contributed by atoms with van der Waals surface area (Å²) in [6, 6.07) is 3.79. The second-order valence-electron chi connectivity index (χ2n) is 3.39. The van der Waals surface area contributed by atoms with Crippen LogP contribution in [0.2, 0.25) is 0 Å². The minimum Gasteiger partial charge on any atom is -0.277 e. The fourth-order valence-electron chi connectivity index (χ4n) is 1.62. The van der Waals surface area contributed by atoms with Crippen LogP contribution in [-0.2, 0) is 4.57 Å². The second-order valence-corrected chi connectivity index (χ2v) is 5.90. The summed E-state index contributed by atoms with van der Waals surface area (Å²) in [4.78, 5) is 20.3. The Morgan fingerprint density at radius 2 is 1.73 bits per heavy atom. The van der Waals surface area contributed by atoms with Crippen molar-refractivity contribution in [2.24, 2.45) is 0 Å². The number of hydrogen-bond donors (Lipinski definition) is 1. The summed E-state index contributed by atoms with van der Waals surface area (Å²) in [7, 11) is -2.48. The number of carbonyl (C=O) groups excluding carboxylic acids is 1. The third-order valence-corrected chi connectivity index (χ3v) is 3.53. The molecule has 0 aliphatic carbocycles. The average molecular weight is 243 g/mol. The zero-order chi connectivity index (χ0) is 11.6. The van der Waals surface area contributed by atoms with E-state index < -0.39 is 7.23 Å². The highest BCUT2D eigenvalue weighted by Crippen LogP contribution is 2.37. The van der Waals surface area contributed by atoms with Crippen molar-refractivity contribution in [3.63, 3.8) is 0 Å². The molecule has 1 atom stereocenters. The van der Waals surface area contributed by atoms with Gasteiger partial charge in [-0.25, -0.2) is 0 Å². The molecule has 0 heterocycles. The van der Waals surface area contributed by atoms with Gasteiger partial charge in [0.2, 0.25) is 11.4 Å². The molecule has 0 saturated carbocycles. The molecule has 1 unspecified atom stereocenters. The van der Waals surface area contributed by atoms with E-state index in [1.165, 1.54) is 0 Å². The first-order chi connectivity index (χ1) is 6.91. The fourth-order valence-corrected chi connectivity index (χ4v) is 2.87. The topological polar surface area (TPSA) is 54.4 Å². The van der Waals surface area contributed by atoms with Crippen LogP contribution in [0.4, 0.5) is 0 Å². The van der Waals surface area contributed by atoms with E-state index in [1.54, 1.807) is 0 Å².